The van der Waals surface area contributed by atoms with Gasteiger partial charge in [-0.25, -0.2) is 0 Å². The van der Waals surface area contributed by atoms with Crippen LogP contribution in [0.25, 0.3) is 55.5 Å². The van der Waals surface area contributed by atoms with Crippen molar-refractivity contribution in [2.45, 2.75) is 24.7 Å². The molecule has 0 N–H and O–H groups in total. The molecular weight excluding hydrogens is 679 g/mol. The van der Waals surface area contributed by atoms with Gasteiger partial charge < -0.3 is 9.32 Å². The second-order valence-electron chi connectivity index (χ2n) is 16.0. The van der Waals surface area contributed by atoms with E-state index in [0.29, 0.717) is 0 Å². The van der Waals surface area contributed by atoms with Gasteiger partial charge in [0.05, 0.1) is 5.69 Å². The molecule has 1 aromatic heterocycles. The number of benzene rings is 8. The van der Waals surface area contributed by atoms with Gasteiger partial charge >= 0.3 is 0 Å². The monoisotopic (exact) mass is 715 g/mol. The summed E-state index contributed by atoms with van der Waals surface area (Å²) in [5.41, 5.74) is 20.1. The minimum atomic E-state index is -0.600. The lowest BCUT2D eigenvalue weighted by Crippen LogP contribution is -2.25. The van der Waals surface area contributed by atoms with E-state index in [1.807, 2.05) is 0 Å². The van der Waals surface area contributed by atoms with Crippen LogP contribution >= 0.6 is 0 Å². The van der Waals surface area contributed by atoms with E-state index in [9.17, 15) is 0 Å². The molecule has 3 aliphatic rings. The van der Waals surface area contributed by atoms with Gasteiger partial charge in [0.15, 0.2) is 0 Å². The molecule has 0 saturated heterocycles. The van der Waals surface area contributed by atoms with Crippen LogP contribution in [0.3, 0.4) is 0 Å². The molecule has 0 amide bonds. The van der Waals surface area contributed by atoms with Gasteiger partial charge in [-0.15, -0.1) is 0 Å². The highest BCUT2D eigenvalue weighted by atomic mass is 16.3. The van der Waals surface area contributed by atoms with Crippen molar-refractivity contribution in [1.82, 2.24) is 0 Å². The Balaban J connectivity index is 1.14. The molecule has 2 nitrogen and oxygen atoms in total. The summed E-state index contributed by atoms with van der Waals surface area (Å²) in [6.45, 7) is 4.73. The molecule has 0 radical (unpaired) electrons. The van der Waals surface area contributed by atoms with E-state index < -0.39 is 5.41 Å². The number of para-hydroxylation sites is 1. The number of fused-ring (bicyclic) bond motifs is 15. The molecule has 264 valence electrons. The van der Waals surface area contributed by atoms with Gasteiger partial charge in [-0.3, -0.25) is 0 Å². The average Bonchev–Trinajstić information content (AvgIpc) is 3.94. The Morgan fingerprint density at radius 3 is 1.75 bits per heavy atom. The predicted molar refractivity (Wildman–Crippen MR) is 230 cm³/mol. The third kappa shape index (κ3) is 4.00. The molecule has 0 aliphatic heterocycles. The van der Waals surface area contributed by atoms with Crippen molar-refractivity contribution in [3.63, 3.8) is 0 Å². The first-order valence-corrected chi connectivity index (χ1v) is 19.6. The molecule has 8 aromatic carbocycles. The molecule has 1 heterocycles. The summed E-state index contributed by atoms with van der Waals surface area (Å²) in [6.07, 6.45) is 0. The normalized spacial score (nSPS) is 16.2. The number of rotatable bonds is 4. The summed E-state index contributed by atoms with van der Waals surface area (Å²) in [5, 5.41) is 1.16. The highest BCUT2D eigenvalue weighted by Gasteiger charge is 2.55. The summed E-state index contributed by atoms with van der Waals surface area (Å²) in [5.74, 6) is 1.01. The Bertz CT molecular complexity index is 3060. The third-order valence-electron chi connectivity index (χ3n) is 12.9. The lowest BCUT2D eigenvalue weighted by molar-refractivity contribution is 0.507. The molecule has 12 rings (SSSR count). The van der Waals surface area contributed by atoms with Crippen molar-refractivity contribution in [3.05, 3.63) is 222 Å². The lowest BCUT2D eigenvalue weighted by atomic mass is 9.73. The Hall–Kier alpha value is -6.90. The van der Waals surface area contributed by atoms with E-state index in [4.69, 9.17) is 4.42 Å². The number of hydrogen-bond donors (Lipinski definition) is 0. The maximum Gasteiger partial charge on any atom is 0.135 e. The standard InChI is InChI=1S/C54H37NO/c1-53(2)43-21-10-6-17-38(43)39-32-31-37(33-47(39)53)55(36-29-27-35(28-30-36)34-15-4-3-5-16-34)48-25-14-24-46-51(48)41-19-8-12-23-45(41)54(46)44-22-11-7-18-40(44)50-42-20-9-13-26-49(42)56-52(50)54/h3-33H,1-2H3. The fourth-order valence-electron chi connectivity index (χ4n) is 10.4. The SMILES string of the molecule is CC1(C)c2ccccc2-c2ccc(N(c3ccc(-c4ccccc4)cc3)c3cccc4c3-c3ccccc3C43c4ccccc4-c4c3oc3ccccc43)cc21. The molecule has 3 aliphatic carbocycles. The third-order valence-corrected chi connectivity index (χ3v) is 12.9. The second kappa shape index (κ2) is 11.3. The predicted octanol–water partition coefficient (Wildman–Crippen LogP) is 14.2. The fourth-order valence-corrected chi connectivity index (χ4v) is 10.4. The zero-order chi connectivity index (χ0) is 37.2. The highest BCUT2D eigenvalue weighted by Crippen LogP contribution is 2.66. The van der Waals surface area contributed by atoms with E-state index in [2.05, 4.69) is 207 Å². The fraction of sp³-hybridized carbons (Fsp3) is 0.0741. The molecule has 0 fully saturated rings. The smallest absolute Gasteiger partial charge is 0.135 e. The Morgan fingerprint density at radius 2 is 0.982 bits per heavy atom. The zero-order valence-electron chi connectivity index (χ0n) is 31.3. The van der Waals surface area contributed by atoms with Crippen LogP contribution in [0.15, 0.2) is 192 Å². The van der Waals surface area contributed by atoms with Crippen molar-refractivity contribution < 1.29 is 4.42 Å². The van der Waals surface area contributed by atoms with E-state index in [-0.39, 0.29) is 5.41 Å². The van der Waals surface area contributed by atoms with E-state index in [1.165, 1.54) is 72.3 Å². The molecule has 1 atom stereocenters. The van der Waals surface area contributed by atoms with Crippen molar-refractivity contribution in [2.24, 2.45) is 0 Å². The summed E-state index contributed by atoms with van der Waals surface area (Å²) < 4.78 is 7.06. The summed E-state index contributed by atoms with van der Waals surface area (Å²) >= 11 is 0. The van der Waals surface area contributed by atoms with Crippen LogP contribution in [0.2, 0.25) is 0 Å². The molecule has 2 heteroatoms. The van der Waals surface area contributed by atoms with Crippen LogP contribution in [0.1, 0.15) is 47.4 Å². The van der Waals surface area contributed by atoms with Crippen LogP contribution in [-0.2, 0) is 10.8 Å². The van der Waals surface area contributed by atoms with Gasteiger partial charge in [0.25, 0.3) is 0 Å². The zero-order valence-corrected chi connectivity index (χ0v) is 31.3. The first-order chi connectivity index (χ1) is 27.5. The minimum Gasteiger partial charge on any atom is -0.459 e. The number of nitrogens with zero attached hydrogens (tertiary/aromatic N) is 1. The Morgan fingerprint density at radius 1 is 0.411 bits per heavy atom. The lowest BCUT2D eigenvalue weighted by Gasteiger charge is -2.31. The van der Waals surface area contributed by atoms with Crippen molar-refractivity contribution in [3.8, 4) is 44.5 Å². The summed E-state index contributed by atoms with van der Waals surface area (Å²) in [6, 6.07) is 69.1. The average molecular weight is 716 g/mol. The van der Waals surface area contributed by atoms with Crippen LogP contribution in [0, 0.1) is 0 Å². The quantitative estimate of drug-likeness (QED) is 0.180. The summed E-state index contributed by atoms with van der Waals surface area (Å²) in [7, 11) is 0. The number of hydrogen-bond acceptors (Lipinski definition) is 2. The molecule has 1 spiro atoms. The topological polar surface area (TPSA) is 16.4 Å². The van der Waals surface area contributed by atoms with Crippen LogP contribution < -0.4 is 4.90 Å². The molecule has 1 unspecified atom stereocenters. The molecule has 9 aromatic rings. The second-order valence-corrected chi connectivity index (χ2v) is 16.0. The van der Waals surface area contributed by atoms with Crippen LogP contribution in [-0.4, -0.2) is 0 Å². The highest BCUT2D eigenvalue weighted by molar-refractivity contribution is 6.06. The van der Waals surface area contributed by atoms with Crippen LogP contribution in [0.5, 0.6) is 0 Å². The Labute approximate surface area is 327 Å². The van der Waals surface area contributed by atoms with E-state index >= 15 is 0 Å². The molecule has 0 bridgehead atoms. The summed E-state index contributed by atoms with van der Waals surface area (Å²) in [4.78, 5) is 2.49. The minimum absolute atomic E-state index is 0.134. The maximum absolute atomic E-state index is 7.06. The first-order valence-electron chi connectivity index (χ1n) is 19.6. The van der Waals surface area contributed by atoms with Gasteiger partial charge in [0.1, 0.15) is 16.8 Å². The van der Waals surface area contributed by atoms with Gasteiger partial charge in [-0.2, -0.15) is 0 Å². The molecule has 0 saturated carbocycles. The number of furan rings is 1. The first kappa shape index (κ1) is 31.5. The largest absolute Gasteiger partial charge is 0.459 e. The molecule has 56 heavy (non-hydrogen) atoms. The van der Waals surface area contributed by atoms with Gasteiger partial charge in [0.2, 0.25) is 0 Å². The van der Waals surface area contributed by atoms with Gasteiger partial charge in [-0.1, -0.05) is 166 Å². The van der Waals surface area contributed by atoms with Crippen molar-refractivity contribution in [2.75, 3.05) is 4.90 Å². The van der Waals surface area contributed by atoms with Gasteiger partial charge in [0, 0.05) is 33.3 Å². The van der Waals surface area contributed by atoms with E-state index in [1.54, 1.807) is 0 Å². The van der Waals surface area contributed by atoms with Crippen molar-refractivity contribution in [1.29, 1.82) is 0 Å². The molecular formula is C54H37NO. The van der Waals surface area contributed by atoms with Crippen LogP contribution in [0.4, 0.5) is 17.1 Å². The van der Waals surface area contributed by atoms with E-state index in [0.717, 1.165) is 33.8 Å². The van der Waals surface area contributed by atoms with Gasteiger partial charge in [-0.05, 0) is 97.6 Å². The Kier molecular flexibility index (Phi) is 6.36. The van der Waals surface area contributed by atoms with Crippen molar-refractivity contribution >= 4 is 28.0 Å². The number of anilines is 3. The maximum atomic E-state index is 7.06.